The lowest BCUT2D eigenvalue weighted by atomic mass is 9.46. The van der Waals surface area contributed by atoms with Crippen LogP contribution in [0.1, 0.15) is 99.3 Å². The minimum atomic E-state index is -0.349. The van der Waals surface area contributed by atoms with Gasteiger partial charge in [0.25, 0.3) is 0 Å². The molecular weight excluding hydrogens is 368 g/mol. The monoisotopic (exact) mass is 416 g/mol. The summed E-state index contributed by atoms with van der Waals surface area (Å²) < 4.78 is 0. The first-order valence-corrected chi connectivity index (χ1v) is 13.2. The molecule has 0 aromatic carbocycles. The van der Waals surface area contributed by atoms with Gasteiger partial charge in [-0.2, -0.15) is 0 Å². The summed E-state index contributed by atoms with van der Waals surface area (Å²) in [6.07, 6.45) is 12.4. The fraction of sp³-hybridized carbons (Fsp3) is 0.929. The second-order valence-electron chi connectivity index (χ2n) is 12.8. The van der Waals surface area contributed by atoms with E-state index in [4.69, 9.17) is 0 Å². The molecule has 0 unspecified atom stereocenters. The summed E-state index contributed by atoms with van der Waals surface area (Å²) in [5.41, 5.74) is 1.75. The van der Waals surface area contributed by atoms with E-state index in [0.717, 1.165) is 48.9 Å². The smallest absolute Gasteiger partial charge is 0.0759 e. The molecule has 0 bridgehead atoms. The van der Waals surface area contributed by atoms with Gasteiger partial charge in [0.2, 0.25) is 0 Å². The maximum absolute atomic E-state index is 11.1. The molecule has 30 heavy (non-hydrogen) atoms. The second-order valence-corrected chi connectivity index (χ2v) is 12.8. The quantitative estimate of drug-likeness (QED) is 0.495. The molecular formula is C28H48O2. The molecule has 0 aromatic rings. The number of aliphatic hydroxyl groups excluding tert-OH is 2. The summed E-state index contributed by atoms with van der Waals surface area (Å²) in [4.78, 5) is 0. The zero-order chi connectivity index (χ0) is 21.8. The van der Waals surface area contributed by atoms with Crippen LogP contribution in [0.25, 0.3) is 0 Å². The van der Waals surface area contributed by atoms with Gasteiger partial charge in [-0.3, -0.25) is 0 Å². The van der Waals surface area contributed by atoms with Crippen LogP contribution in [0.2, 0.25) is 0 Å². The molecule has 3 saturated carbocycles. The third kappa shape index (κ3) is 3.62. The Bertz CT molecular complexity index is 653. The standard InChI is InChI=1S/C28H48O2/c1-17(2)18(3)7-8-19(4)22-9-10-23-21-16-26(30)25-15-20(29)11-13-28(25,6)24(21)12-14-27(22,23)5/h15,17-24,26,29-30H,7-14,16H2,1-6H3/t18-,19+,20-,21-,22+,23-,24-,26+,27+,28+/m0/s1. The Morgan fingerprint density at radius 2 is 1.67 bits per heavy atom. The Balaban J connectivity index is 1.52. The van der Waals surface area contributed by atoms with E-state index in [0.29, 0.717) is 17.3 Å². The van der Waals surface area contributed by atoms with Gasteiger partial charge in [-0.1, -0.05) is 60.5 Å². The third-order valence-electron chi connectivity index (χ3n) is 11.1. The molecule has 0 amide bonds. The van der Waals surface area contributed by atoms with Crippen LogP contribution in [-0.2, 0) is 0 Å². The van der Waals surface area contributed by atoms with Gasteiger partial charge in [0, 0.05) is 0 Å². The van der Waals surface area contributed by atoms with Crippen LogP contribution < -0.4 is 0 Å². The van der Waals surface area contributed by atoms with Gasteiger partial charge in [-0.15, -0.1) is 0 Å². The molecule has 0 spiro atoms. The van der Waals surface area contributed by atoms with Gasteiger partial charge in [-0.05, 0) is 103 Å². The molecule has 0 aromatic heterocycles. The molecule has 3 fully saturated rings. The molecule has 4 aliphatic rings. The van der Waals surface area contributed by atoms with Crippen LogP contribution in [-0.4, -0.2) is 22.4 Å². The number of hydrogen-bond acceptors (Lipinski definition) is 2. The number of fused-ring (bicyclic) bond motifs is 5. The Labute approximate surface area is 185 Å². The summed E-state index contributed by atoms with van der Waals surface area (Å²) in [6, 6.07) is 0. The van der Waals surface area contributed by atoms with E-state index in [1.165, 1.54) is 44.1 Å². The highest BCUT2D eigenvalue weighted by Crippen LogP contribution is 2.67. The number of rotatable bonds is 5. The molecule has 0 heterocycles. The molecule has 10 atom stereocenters. The predicted molar refractivity (Wildman–Crippen MR) is 125 cm³/mol. The van der Waals surface area contributed by atoms with Crippen LogP contribution in [0.4, 0.5) is 0 Å². The van der Waals surface area contributed by atoms with Crippen molar-refractivity contribution < 1.29 is 10.2 Å². The Morgan fingerprint density at radius 1 is 0.933 bits per heavy atom. The van der Waals surface area contributed by atoms with E-state index in [9.17, 15) is 10.2 Å². The van der Waals surface area contributed by atoms with Crippen LogP contribution in [0, 0.1) is 52.3 Å². The largest absolute Gasteiger partial charge is 0.389 e. The van der Waals surface area contributed by atoms with Crippen molar-refractivity contribution in [2.75, 3.05) is 0 Å². The molecule has 0 aliphatic heterocycles. The molecule has 172 valence electrons. The Hall–Kier alpha value is -0.340. The molecule has 0 saturated heterocycles. The Kier molecular flexibility index (Phi) is 6.26. The molecule has 4 aliphatic carbocycles. The zero-order valence-electron chi connectivity index (χ0n) is 20.5. The first-order valence-electron chi connectivity index (χ1n) is 13.2. The molecule has 2 heteroatoms. The SMILES string of the molecule is CC(C)[C@@H](C)CC[C@@H](C)[C@H]1CC[C@H]2[C@@H]3C[C@@H](O)C4=C[C@@H](O)CC[C@]4(C)[C@H]3CC[C@]12C. The van der Waals surface area contributed by atoms with Crippen molar-refractivity contribution in [3.8, 4) is 0 Å². The zero-order valence-corrected chi connectivity index (χ0v) is 20.5. The van der Waals surface area contributed by atoms with Crippen molar-refractivity contribution in [3.63, 3.8) is 0 Å². The van der Waals surface area contributed by atoms with Gasteiger partial charge in [0.05, 0.1) is 12.2 Å². The number of hydrogen-bond donors (Lipinski definition) is 2. The normalized spacial score (nSPS) is 47.8. The highest BCUT2D eigenvalue weighted by Gasteiger charge is 2.60. The van der Waals surface area contributed by atoms with Gasteiger partial charge < -0.3 is 10.2 Å². The highest BCUT2D eigenvalue weighted by atomic mass is 16.3. The van der Waals surface area contributed by atoms with Crippen molar-refractivity contribution in [3.05, 3.63) is 11.6 Å². The Morgan fingerprint density at radius 3 is 2.37 bits per heavy atom. The summed E-state index contributed by atoms with van der Waals surface area (Å²) in [7, 11) is 0. The fourth-order valence-corrected chi connectivity index (χ4v) is 8.79. The fourth-order valence-electron chi connectivity index (χ4n) is 8.79. The summed E-state index contributed by atoms with van der Waals surface area (Å²) in [6.45, 7) is 14.7. The van der Waals surface area contributed by atoms with Crippen molar-refractivity contribution in [1.29, 1.82) is 0 Å². The topological polar surface area (TPSA) is 40.5 Å². The van der Waals surface area contributed by atoms with Crippen molar-refractivity contribution in [1.82, 2.24) is 0 Å². The molecule has 4 rings (SSSR count). The number of aliphatic hydroxyl groups is 2. The average molecular weight is 417 g/mol. The van der Waals surface area contributed by atoms with E-state index in [1.807, 2.05) is 6.08 Å². The summed E-state index contributed by atoms with van der Waals surface area (Å²) >= 11 is 0. The van der Waals surface area contributed by atoms with Crippen molar-refractivity contribution >= 4 is 0 Å². The predicted octanol–water partition coefficient (Wildman–Crippen LogP) is 6.61. The van der Waals surface area contributed by atoms with Crippen LogP contribution in [0.15, 0.2) is 11.6 Å². The lowest BCUT2D eigenvalue weighted by molar-refractivity contribution is -0.0875. The van der Waals surface area contributed by atoms with Crippen LogP contribution in [0.3, 0.4) is 0 Å². The van der Waals surface area contributed by atoms with Gasteiger partial charge in [0.15, 0.2) is 0 Å². The van der Waals surface area contributed by atoms with Crippen molar-refractivity contribution in [2.45, 2.75) is 112 Å². The van der Waals surface area contributed by atoms with Gasteiger partial charge >= 0.3 is 0 Å². The minimum absolute atomic E-state index is 0.110. The summed E-state index contributed by atoms with van der Waals surface area (Å²) in [5, 5.41) is 21.3. The maximum Gasteiger partial charge on any atom is 0.0759 e. The lowest BCUT2D eigenvalue weighted by Crippen LogP contribution is -2.54. The third-order valence-corrected chi connectivity index (χ3v) is 11.1. The average Bonchev–Trinajstić information content (AvgIpc) is 3.04. The highest BCUT2D eigenvalue weighted by molar-refractivity contribution is 5.29. The maximum atomic E-state index is 11.1. The first kappa shape index (κ1) is 22.8. The van der Waals surface area contributed by atoms with Crippen molar-refractivity contribution in [2.24, 2.45) is 52.3 Å². The van der Waals surface area contributed by atoms with Gasteiger partial charge in [-0.25, -0.2) is 0 Å². The van der Waals surface area contributed by atoms with E-state index >= 15 is 0 Å². The lowest BCUT2D eigenvalue weighted by Gasteiger charge is -2.60. The second kappa shape index (κ2) is 8.22. The molecule has 0 radical (unpaired) electrons. The van der Waals surface area contributed by atoms with E-state index in [-0.39, 0.29) is 17.6 Å². The van der Waals surface area contributed by atoms with Gasteiger partial charge in [0.1, 0.15) is 0 Å². The van der Waals surface area contributed by atoms with E-state index in [2.05, 4.69) is 41.5 Å². The van der Waals surface area contributed by atoms with Crippen LogP contribution >= 0.6 is 0 Å². The van der Waals surface area contributed by atoms with E-state index < -0.39 is 0 Å². The molecule has 2 N–H and O–H groups in total. The van der Waals surface area contributed by atoms with E-state index in [1.54, 1.807) is 0 Å². The van der Waals surface area contributed by atoms with Crippen LogP contribution in [0.5, 0.6) is 0 Å². The first-order chi connectivity index (χ1) is 14.1. The minimum Gasteiger partial charge on any atom is -0.389 e. The molecule has 2 nitrogen and oxygen atoms in total. The summed E-state index contributed by atoms with van der Waals surface area (Å²) in [5.74, 6) is 5.45.